The molecule has 1 aromatic heterocycles. The van der Waals surface area contributed by atoms with Crippen LogP contribution in [0.4, 0.5) is 4.39 Å². The van der Waals surface area contributed by atoms with Crippen LogP contribution in [0.25, 0.3) is 22.2 Å². The highest BCUT2D eigenvalue weighted by atomic mass is 35.5. The van der Waals surface area contributed by atoms with E-state index < -0.39 is 0 Å². The van der Waals surface area contributed by atoms with Crippen molar-refractivity contribution in [3.8, 4) is 11.1 Å². The third-order valence-corrected chi connectivity index (χ3v) is 6.40. The fraction of sp³-hybridized carbons (Fsp3) is 0.455. The van der Waals surface area contributed by atoms with Gasteiger partial charge in [-0.2, -0.15) is 0 Å². The molecule has 28 heavy (non-hydrogen) atoms. The summed E-state index contributed by atoms with van der Waals surface area (Å²) in [6.07, 6.45) is 3.53. The largest absolute Gasteiger partial charge is 0.299 e. The fourth-order valence-electron chi connectivity index (χ4n) is 4.14. The Kier molecular flexibility index (Phi) is 4.81. The van der Waals surface area contributed by atoms with E-state index >= 15 is 0 Å². The predicted octanol–water partition coefficient (Wildman–Crippen LogP) is 4.95. The number of halogens is 2. The van der Waals surface area contributed by atoms with Crippen molar-refractivity contribution >= 4 is 22.6 Å². The van der Waals surface area contributed by atoms with Gasteiger partial charge in [-0.1, -0.05) is 47.1 Å². The molecule has 146 valence electrons. The van der Waals surface area contributed by atoms with Gasteiger partial charge in [-0.05, 0) is 48.9 Å². The molecule has 1 unspecified atom stereocenters. The van der Waals surface area contributed by atoms with Crippen molar-refractivity contribution in [2.75, 3.05) is 19.8 Å². The van der Waals surface area contributed by atoms with Gasteiger partial charge in [0.05, 0.1) is 17.2 Å². The van der Waals surface area contributed by atoms with Crippen LogP contribution < -0.4 is 0 Å². The Morgan fingerprint density at radius 3 is 2.57 bits per heavy atom. The Hall–Kier alpha value is -1.98. The summed E-state index contributed by atoms with van der Waals surface area (Å²) in [6.45, 7) is 3.44. The Balaban J connectivity index is 1.35. The summed E-state index contributed by atoms with van der Waals surface area (Å²) in [5.41, 5.74) is 5.09. The normalized spacial score (nSPS) is 20.3. The molecule has 5 rings (SSSR count). The summed E-state index contributed by atoms with van der Waals surface area (Å²) >= 11 is 6.69. The molecule has 6 heteroatoms. The van der Waals surface area contributed by atoms with Crippen molar-refractivity contribution in [3.05, 3.63) is 47.0 Å². The quantitative estimate of drug-likeness (QED) is 0.589. The molecule has 2 fully saturated rings. The van der Waals surface area contributed by atoms with E-state index in [4.69, 9.17) is 11.6 Å². The molecule has 0 spiro atoms. The molecule has 1 aliphatic carbocycles. The van der Waals surface area contributed by atoms with E-state index in [1.807, 2.05) is 4.68 Å². The molecule has 2 aromatic carbocycles. The second-order valence-corrected chi connectivity index (χ2v) is 8.63. The SMILES string of the molecule is FCC1CCN(Cc2ccc(-c3ccc4c(nnn4CC4CC4)c3Cl)cc2)C1. The van der Waals surface area contributed by atoms with Gasteiger partial charge in [-0.15, -0.1) is 5.10 Å². The molecule has 0 amide bonds. The molecule has 0 bridgehead atoms. The lowest BCUT2D eigenvalue weighted by atomic mass is 10.0. The summed E-state index contributed by atoms with van der Waals surface area (Å²) in [6, 6.07) is 12.7. The molecule has 1 saturated carbocycles. The van der Waals surface area contributed by atoms with E-state index in [0.29, 0.717) is 5.02 Å². The van der Waals surface area contributed by atoms with Crippen LogP contribution in [0.1, 0.15) is 24.8 Å². The Labute approximate surface area is 169 Å². The number of benzene rings is 2. The monoisotopic (exact) mass is 398 g/mol. The van der Waals surface area contributed by atoms with Crippen LogP contribution in [0.2, 0.25) is 5.02 Å². The smallest absolute Gasteiger partial charge is 0.132 e. The Morgan fingerprint density at radius 2 is 1.86 bits per heavy atom. The van der Waals surface area contributed by atoms with Gasteiger partial charge in [0.2, 0.25) is 0 Å². The number of nitrogens with zero attached hydrogens (tertiary/aromatic N) is 4. The first kappa shape index (κ1) is 18.1. The van der Waals surface area contributed by atoms with E-state index in [0.717, 1.165) is 60.7 Å². The van der Waals surface area contributed by atoms with Gasteiger partial charge >= 0.3 is 0 Å². The third-order valence-electron chi connectivity index (χ3n) is 6.01. The van der Waals surface area contributed by atoms with Crippen molar-refractivity contribution in [2.24, 2.45) is 11.8 Å². The lowest BCUT2D eigenvalue weighted by Gasteiger charge is -2.16. The number of fused-ring (bicyclic) bond motifs is 1. The number of hydrogen-bond acceptors (Lipinski definition) is 3. The van der Waals surface area contributed by atoms with Gasteiger partial charge in [0.1, 0.15) is 5.52 Å². The van der Waals surface area contributed by atoms with E-state index in [-0.39, 0.29) is 12.6 Å². The average Bonchev–Trinajstić information content (AvgIpc) is 3.25. The second kappa shape index (κ2) is 7.45. The van der Waals surface area contributed by atoms with Crippen LogP contribution in [0, 0.1) is 11.8 Å². The molecule has 2 aliphatic rings. The summed E-state index contributed by atoms with van der Waals surface area (Å²) in [7, 11) is 0. The summed E-state index contributed by atoms with van der Waals surface area (Å²) in [4.78, 5) is 2.33. The predicted molar refractivity (Wildman–Crippen MR) is 110 cm³/mol. The van der Waals surface area contributed by atoms with E-state index in [9.17, 15) is 4.39 Å². The molecule has 0 N–H and O–H groups in total. The van der Waals surface area contributed by atoms with Crippen molar-refractivity contribution in [1.29, 1.82) is 0 Å². The molecule has 3 aromatic rings. The minimum atomic E-state index is -0.207. The number of alkyl halides is 1. The zero-order valence-corrected chi connectivity index (χ0v) is 16.6. The number of likely N-dealkylation sites (tertiary alicyclic amines) is 1. The zero-order valence-electron chi connectivity index (χ0n) is 15.8. The van der Waals surface area contributed by atoms with Gasteiger partial charge in [0.25, 0.3) is 0 Å². The summed E-state index contributed by atoms with van der Waals surface area (Å²) in [5.74, 6) is 0.949. The van der Waals surface area contributed by atoms with Crippen LogP contribution in [0.15, 0.2) is 36.4 Å². The highest BCUT2D eigenvalue weighted by Gasteiger charge is 2.24. The lowest BCUT2D eigenvalue weighted by molar-refractivity contribution is 0.296. The van der Waals surface area contributed by atoms with Crippen molar-refractivity contribution < 1.29 is 4.39 Å². The third kappa shape index (κ3) is 3.53. The first-order valence-electron chi connectivity index (χ1n) is 10.1. The molecule has 0 radical (unpaired) electrons. The molecule has 1 atom stereocenters. The van der Waals surface area contributed by atoms with Gasteiger partial charge in [0.15, 0.2) is 0 Å². The summed E-state index contributed by atoms with van der Waals surface area (Å²) in [5, 5.41) is 9.30. The maximum absolute atomic E-state index is 12.8. The number of hydrogen-bond donors (Lipinski definition) is 0. The summed E-state index contributed by atoms with van der Waals surface area (Å²) < 4.78 is 14.8. The fourth-order valence-corrected chi connectivity index (χ4v) is 4.44. The van der Waals surface area contributed by atoms with E-state index in [1.165, 1.54) is 18.4 Å². The average molecular weight is 399 g/mol. The molecule has 1 saturated heterocycles. The number of rotatable bonds is 6. The molecule has 4 nitrogen and oxygen atoms in total. The Morgan fingerprint density at radius 1 is 1.04 bits per heavy atom. The van der Waals surface area contributed by atoms with Crippen LogP contribution in [0.3, 0.4) is 0 Å². The lowest BCUT2D eigenvalue weighted by Crippen LogP contribution is -2.20. The van der Waals surface area contributed by atoms with Crippen molar-refractivity contribution in [3.63, 3.8) is 0 Å². The highest BCUT2D eigenvalue weighted by molar-refractivity contribution is 6.37. The van der Waals surface area contributed by atoms with Crippen LogP contribution >= 0.6 is 11.6 Å². The zero-order chi connectivity index (χ0) is 19.1. The number of aromatic nitrogens is 3. The van der Waals surface area contributed by atoms with Gasteiger partial charge < -0.3 is 0 Å². The molecule has 2 heterocycles. The second-order valence-electron chi connectivity index (χ2n) is 8.25. The van der Waals surface area contributed by atoms with Crippen molar-refractivity contribution in [2.45, 2.75) is 32.4 Å². The molecule has 1 aliphatic heterocycles. The standard InChI is InChI=1S/C22H24ClFN4/c23-21-19(7-8-20-22(21)25-26-28(20)14-16-1-2-16)18-5-3-15(4-6-18)12-27-10-9-17(11-24)13-27/h3-8,16-17H,1-2,9-14H2. The Bertz CT molecular complexity index is 980. The van der Waals surface area contributed by atoms with Crippen LogP contribution in [-0.2, 0) is 13.1 Å². The van der Waals surface area contributed by atoms with Gasteiger partial charge in [0, 0.05) is 31.1 Å². The van der Waals surface area contributed by atoms with Crippen molar-refractivity contribution in [1.82, 2.24) is 19.9 Å². The first-order chi connectivity index (χ1) is 13.7. The molecular weight excluding hydrogens is 375 g/mol. The van der Waals surface area contributed by atoms with E-state index in [1.54, 1.807) is 0 Å². The van der Waals surface area contributed by atoms with Gasteiger partial charge in [-0.25, -0.2) is 4.68 Å². The maximum atomic E-state index is 12.8. The van der Waals surface area contributed by atoms with E-state index in [2.05, 4.69) is 51.6 Å². The van der Waals surface area contributed by atoms with Gasteiger partial charge in [-0.3, -0.25) is 9.29 Å². The highest BCUT2D eigenvalue weighted by Crippen LogP contribution is 2.35. The topological polar surface area (TPSA) is 34.0 Å². The van der Waals surface area contributed by atoms with Crippen LogP contribution in [0.5, 0.6) is 0 Å². The minimum absolute atomic E-state index is 0.207. The first-order valence-corrected chi connectivity index (χ1v) is 10.5. The maximum Gasteiger partial charge on any atom is 0.132 e. The minimum Gasteiger partial charge on any atom is -0.299 e. The molecular formula is C22H24ClFN4. The van der Waals surface area contributed by atoms with Crippen LogP contribution in [-0.4, -0.2) is 39.7 Å².